The second-order valence-electron chi connectivity index (χ2n) is 9.26. The number of rotatable bonds is 5. The van der Waals surface area contributed by atoms with Crippen molar-refractivity contribution in [3.8, 4) is 22.3 Å². The second-order valence-corrected chi connectivity index (χ2v) is 9.26. The van der Waals surface area contributed by atoms with Crippen LogP contribution in [0.1, 0.15) is 34.7 Å². The summed E-state index contributed by atoms with van der Waals surface area (Å²) in [6, 6.07) is 46.0. The van der Waals surface area contributed by atoms with Crippen molar-refractivity contribution in [1.82, 2.24) is 0 Å². The fourth-order valence-corrected chi connectivity index (χ4v) is 5.81. The second kappa shape index (κ2) is 8.94. The van der Waals surface area contributed by atoms with E-state index >= 15 is 0 Å². The van der Waals surface area contributed by atoms with E-state index in [0.717, 1.165) is 11.1 Å². The highest BCUT2D eigenvalue weighted by Gasteiger charge is 2.46. The molecule has 0 fully saturated rings. The lowest BCUT2D eigenvalue weighted by Crippen LogP contribution is -2.28. The molecule has 0 unspecified atom stereocenters. The first-order valence-electron chi connectivity index (χ1n) is 12.4. The van der Waals surface area contributed by atoms with Gasteiger partial charge in [0.05, 0.1) is 5.41 Å². The van der Waals surface area contributed by atoms with E-state index in [-0.39, 0.29) is 0 Å². The number of nitrogens with one attached hydrogen (secondary N) is 1. The molecule has 0 aliphatic heterocycles. The fourth-order valence-electron chi connectivity index (χ4n) is 5.81. The average molecular weight is 462 g/mol. The molecule has 0 bridgehead atoms. The maximum absolute atomic E-state index is 7.98. The summed E-state index contributed by atoms with van der Waals surface area (Å²) in [5.41, 5.74) is 11.5. The molecule has 0 atom stereocenters. The molecule has 0 heterocycles. The molecule has 172 valence electrons. The Bertz CT molecular complexity index is 1540. The first-order valence-corrected chi connectivity index (χ1v) is 12.4. The summed E-state index contributed by atoms with van der Waals surface area (Å²) in [6.45, 7) is 2.00. The Labute approximate surface area is 212 Å². The zero-order valence-corrected chi connectivity index (χ0v) is 20.3. The van der Waals surface area contributed by atoms with Gasteiger partial charge in [-0.3, -0.25) is 0 Å². The monoisotopic (exact) mass is 461 g/mol. The summed E-state index contributed by atoms with van der Waals surface area (Å²) < 4.78 is 0. The van der Waals surface area contributed by atoms with Crippen LogP contribution in [0.5, 0.6) is 0 Å². The molecule has 0 saturated heterocycles. The van der Waals surface area contributed by atoms with Crippen molar-refractivity contribution in [2.24, 2.45) is 0 Å². The lowest BCUT2D eigenvalue weighted by atomic mass is 9.67. The van der Waals surface area contributed by atoms with E-state index in [4.69, 9.17) is 5.41 Å². The summed E-state index contributed by atoms with van der Waals surface area (Å²) >= 11 is 0. The molecule has 6 rings (SSSR count). The lowest BCUT2D eigenvalue weighted by Gasteiger charge is -2.34. The molecule has 5 aromatic carbocycles. The minimum atomic E-state index is -0.463. The zero-order valence-electron chi connectivity index (χ0n) is 20.3. The van der Waals surface area contributed by atoms with Crippen LogP contribution in [0, 0.1) is 5.41 Å². The maximum Gasteiger partial charge on any atom is 0.0713 e. The third-order valence-corrected chi connectivity index (χ3v) is 7.46. The fraction of sp³-hybridized carbons (Fsp3) is 0.0571. The van der Waals surface area contributed by atoms with Crippen LogP contribution in [0.4, 0.5) is 0 Å². The van der Waals surface area contributed by atoms with Crippen LogP contribution in [0.25, 0.3) is 27.8 Å². The van der Waals surface area contributed by atoms with Crippen molar-refractivity contribution < 1.29 is 0 Å². The number of allylic oxidation sites excluding steroid dienone is 2. The highest BCUT2D eigenvalue weighted by molar-refractivity contribution is 6.08. The van der Waals surface area contributed by atoms with Gasteiger partial charge in [-0.05, 0) is 74.7 Å². The van der Waals surface area contributed by atoms with Gasteiger partial charge in [0, 0.05) is 6.21 Å². The Kier molecular flexibility index (Phi) is 5.47. The minimum absolute atomic E-state index is 0.463. The molecule has 0 amide bonds. The van der Waals surface area contributed by atoms with Crippen LogP contribution in [-0.4, -0.2) is 6.21 Å². The van der Waals surface area contributed by atoms with E-state index in [0.29, 0.717) is 0 Å². The Morgan fingerprint density at radius 1 is 0.583 bits per heavy atom. The molecule has 0 aromatic heterocycles. The van der Waals surface area contributed by atoms with Gasteiger partial charge in [-0.15, -0.1) is 0 Å². The van der Waals surface area contributed by atoms with Gasteiger partial charge in [-0.25, -0.2) is 0 Å². The first-order chi connectivity index (χ1) is 17.8. The van der Waals surface area contributed by atoms with Crippen LogP contribution < -0.4 is 0 Å². The highest BCUT2D eigenvalue weighted by atomic mass is 14.5. The third-order valence-electron chi connectivity index (χ3n) is 7.46. The molecule has 1 nitrogen and oxygen atoms in total. The Balaban J connectivity index is 1.75. The minimum Gasteiger partial charge on any atom is -0.308 e. The van der Waals surface area contributed by atoms with Crippen molar-refractivity contribution in [2.75, 3.05) is 0 Å². The Morgan fingerprint density at radius 3 is 1.67 bits per heavy atom. The standard InChI is InChI=1S/C35H27N/c1-2-25(24-36)27-18-20-31-32-21-19-28(26-12-6-3-7-13-26)23-34(32)35(33(31)22-27,29-14-8-4-9-15-29)30-16-10-5-11-17-30/h2-24,36H,1H3/b25-2+,36-24?. The van der Waals surface area contributed by atoms with Gasteiger partial charge in [0.2, 0.25) is 0 Å². The van der Waals surface area contributed by atoms with Crippen molar-refractivity contribution in [2.45, 2.75) is 12.3 Å². The summed E-state index contributed by atoms with van der Waals surface area (Å²) in [4.78, 5) is 0. The molecule has 36 heavy (non-hydrogen) atoms. The first kappa shape index (κ1) is 22.0. The number of hydrogen-bond acceptors (Lipinski definition) is 1. The van der Waals surface area contributed by atoms with Crippen LogP contribution in [0.3, 0.4) is 0 Å². The van der Waals surface area contributed by atoms with E-state index < -0.39 is 5.41 Å². The van der Waals surface area contributed by atoms with E-state index in [1.807, 2.05) is 13.0 Å². The number of benzene rings is 5. The number of fused-ring (bicyclic) bond motifs is 3. The van der Waals surface area contributed by atoms with Crippen molar-refractivity contribution >= 4 is 11.8 Å². The van der Waals surface area contributed by atoms with Gasteiger partial charge >= 0.3 is 0 Å². The molecule has 1 aliphatic carbocycles. The van der Waals surface area contributed by atoms with Crippen molar-refractivity contribution in [3.05, 3.63) is 161 Å². The molecule has 1 N–H and O–H groups in total. The highest BCUT2D eigenvalue weighted by Crippen LogP contribution is 2.57. The van der Waals surface area contributed by atoms with Gasteiger partial charge in [-0.1, -0.05) is 121 Å². The predicted octanol–water partition coefficient (Wildman–Crippen LogP) is 8.77. The van der Waals surface area contributed by atoms with Crippen molar-refractivity contribution in [3.63, 3.8) is 0 Å². The molecule has 1 heteroatoms. The van der Waals surface area contributed by atoms with Crippen molar-refractivity contribution in [1.29, 1.82) is 5.41 Å². The normalized spacial score (nSPS) is 13.6. The molecule has 0 saturated carbocycles. The molecule has 0 radical (unpaired) electrons. The van der Waals surface area contributed by atoms with Gasteiger partial charge in [0.25, 0.3) is 0 Å². The summed E-state index contributed by atoms with van der Waals surface area (Å²) in [6.07, 6.45) is 3.46. The predicted molar refractivity (Wildman–Crippen MR) is 152 cm³/mol. The molecule has 5 aromatic rings. The SMILES string of the molecule is C/C=C(\C=N)c1ccc2c(c1)C(c1ccccc1)(c1ccccc1)c1cc(-c3ccccc3)ccc1-2. The van der Waals surface area contributed by atoms with Gasteiger partial charge < -0.3 is 5.41 Å². The quantitative estimate of drug-likeness (QED) is 0.248. The van der Waals surface area contributed by atoms with E-state index in [1.54, 1.807) is 0 Å². The van der Waals surface area contributed by atoms with Crippen LogP contribution in [0.15, 0.2) is 133 Å². The van der Waals surface area contributed by atoms with Crippen LogP contribution >= 0.6 is 0 Å². The molecule has 1 aliphatic rings. The zero-order chi connectivity index (χ0) is 24.5. The van der Waals surface area contributed by atoms with Gasteiger partial charge in [-0.2, -0.15) is 0 Å². The van der Waals surface area contributed by atoms with Gasteiger partial charge in [0.1, 0.15) is 0 Å². The number of hydrogen-bond donors (Lipinski definition) is 1. The molecular formula is C35H27N. The Morgan fingerprint density at radius 2 is 1.11 bits per heavy atom. The smallest absolute Gasteiger partial charge is 0.0713 e. The topological polar surface area (TPSA) is 23.9 Å². The Hall–Kier alpha value is -4.49. The third kappa shape index (κ3) is 3.28. The van der Waals surface area contributed by atoms with E-state index in [9.17, 15) is 0 Å². The summed E-state index contributed by atoms with van der Waals surface area (Å²) in [5.74, 6) is 0. The maximum atomic E-state index is 7.98. The van der Waals surface area contributed by atoms with Crippen LogP contribution in [-0.2, 0) is 5.41 Å². The van der Waals surface area contributed by atoms with E-state index in [2.05, 4.69) is 127 Å². The average Bonchev–Trinajstić information content (AvgIpc) is 3.25. The largest absolute Gasteiger partial charge is 0.308 e. The summed E-state index contributed by atoms with van der Waals surface area (Å²) in [7, 11) is 0. The molecular weight excluding hydrogens is 434 g/mol. The summed E-state index contributed by atoms with van der Waals surface area (Å²) in [5, 5.41) is 7.98. The lowest BCUT2D eigenvalue weighted by molar-refractivity contribution is 0.768. The molecule has 0 spiro atoms. The van der Waals surface area contributed by atoms with Crippen LogP contribution in [0.2, 0.25) is 0 Å². The van der Waals surface area contributed by atoms with E-state index in [1.165, 1.54) is 50.7 Å². The van der Waals surface area contributed by atoms with Gasteiger partial charge in [0.15, 0.2) is 0 Å².